The van der Waals surface area contributed by atoms with Gasteiger partial charge in [-0.05, 0) is 55.8 Å². The summed E-state index contributed by atoms with van der Waals surface area (Å²) in [6.07, 6.45) is 7.83. The van der Waals surface area contributed by atoms with Gasteiger partial charge in [-0.25, -0.2) is 0 Å². The Bertz CT molecular complexity index is 548. The molecule has 25 heavy (non-hydrogen) atoms. The molecule has 0 aromatic heterocycles. The summed E-state index contributed by atoms with van der Waals surface area (Å²) in [5.74, 6) is 2.42. The van der Waals surface area contributed by atoms with Crippen molar-refractivity contribution in [3.05, 3.63) is 23.8 Å². The number of methoxy groups -OCH3 is 2. The van der Waals surface area contributed by atoms with Crippen LogP contribution in [0.25, 0.3) is 0 Å². The van der Waals surface area contributed by atoms with E-state index in [1.54, 1.807) is 14.2 Å². The van der Waals surface area contributed by atoms with Gasteiger partial charge in [0.2, 0.25) is 0 Å². The first-order chi connectivity index (χ1) is 12.2. The van der Waals surface area contributed by atoms with Crippen LogP contribution in [0.5, 0.6) is 11.5 Å². The zero-order valence-corrected chi connectivity index (χ0v) is 16.0. The lowest BCUT2D eigenvalue weighted by molar-refractivity contribution is -0.0298. The molecule has 1 aromatic rings. The van der Waals surface area contributed by atoms with Crippen LogP contribution in [0.2, 0.25) is 0 Å². The standard InChI is InChI=1S/C21H33NO3/c1-16-10-12-22(15-16)18-6-4-5-7-19(18)25-13-11-17-8-9-20(23-2)21(14-17)24-3/h8-9,14,16,18-19H,4-7,10-13,15H2,1-3H3/t16-,18-,19+/m1/s1. The number of hydrogen-bond donors (Lipinski definition) is 0. The Morgan fingerprint density at radius 1 is 1.04 bits per heavy atom. The van der Waals surface area contributed by atoms with E-state index in [0.717, 1.165) is 30.4 Å². The number of likely N-dealkylation sites (tertiary alicyclic amines) is 1. The zero-order valence-electron chi connectivity index (χ0n) is 16.0. The van der Waals surface area contributed by atoms with Gasteiger partial charge in [-0.2, -0.15) is 0 Å². The van der Waals surface area contributed by atoms with E-state index in [4.69, 9.17) is 14.2 Å². The van der Waals surface area contributed by atoms with Crippen LogP contribution in [-0.2, 0) is 11.2 Å². The SMILES string of the molecule is COc1ccc(CCO[C@H]2CCCC[C@H]2N2CC[C@@H](C)C2)cc1OC. The molecule has 1 aromatic carbocycles. The molecule has 1 saturated heterocycles. The van der Waals surface area contributed by atoms with Gasteiger partial charge in [0, 0.05) is 12.6 Å². The van der Waals surface area contributed by atoms with Gasteiger partial charge in [0.1, 0.15) is 0 Å². The second kappa shape index (κ2) is 8.91. The Kier molecular flexibility index (Phi) is 6.60. The second-order valence-electron chi connectivity index (χ2n) is 7.59. The van der Waals surface area contributed by atoms with Crippen LogP contribution in [0.1, 0.15) is 44.6 Å². The van der Waals surface area contributed by atoms with Crippen LogP contribution >= 0.6 is 0 Å². The average Bonchev–Trinajstić information content (AvgIpc) is 3.08. The van der Waals surface area contributed by atoms with Crippen molar-refractivity contribution in [2.24, 2.45) is 5.92 Å². The van der Waals surface area contributed by atoms with Crippen molar-refractivity contribution < 1.29 is 14.2 Å². The smallest absolute Gasteiger partial charge is 0.160 e. The van der Waals surface area contributed by atoms with Crippen molar-refractivity contribution in [1.29, 1.82) is 0 Å². The van der Waals surface area contributed by atoms with Crippen molar-refractivity contribution in [1.82, 2.24) is 4.90 Å². The van der Waals surface area contributed by atoms with Crippen molar-refractivity contribution in [3.8, 4) is 11.5 Å². The lowest BCUT2D eigenvalue weighted by atomic mass is 9.91. The summed E-state index contributed by atoms with van der Waals surface area (Å²) < 4.78 is 17.1. The lowest BCUT2D eigenvalue weighted by Crippen LogP contribution is -2.45. The summed E-state index contributed by atoms with van der Waals surface area (Å²) in [5.41, 5.74) is 1.24. The summed E-state index contributed by atoms with van der Waals surface area (Å²) in [4.78, 5) is 2.69. The molecule has 1 aliphatic heterocycles. The monoisotopic (exact) mass is 347 g/mol. The molecule has 0 bridgehead atoms. The maximum atomic E-state index is 6.36. The van der Waals surface area contributed by atoms with Crippen LogP contribution in [-0.4, -0.2) is 51.0 Å². The molecule has 4 nitrogen and oxygen atoms in total. The minimum absolute atomic E-state index is 0.402. The molecule has 4 heteroatoms. The molecular formula is C21H33NO3. The molecule has 3 atom stereocenters. The van der Waals surface area contributed by atoms with Crippen LogP contribution in [0, 0.1) is 5.92 Å². The van der Waals surface area contributed by atoms with E-state index < -0.39 is 0 Å². The molecular weight excluding hydrogens is 314 g/mol. The van der Waals surface area contributed by atoms with Gasteiger partial charge in [-0.1, -0.05) is 25.8 Å². The van der Waals surface area contributed by atoms with E-state index in [2.05, 4.69) is 24.0 Å². The molecule has 140 valence electrons. The number of ether oxygens (including phenoxy) is 3. The van der Waals surface area contributed by atoms with Gasteiger partial charge in [0.15, 0.2) is 11.5 Å². The predicted octanol–water partition coefficient (Wildman–Crippen LogP) is 3.92. The van der Waals surface area contributed by atoms with Crippen LogP contribution in [0.15, 0.2) is 18.2 Å². The van der Waals surface area contributed by atoms with Crippen LogP contribution in [0.4, 0.5) is 0 Å². The summed E-state index contributed by atoms with van der Waals surface area (Å²) >= 11 is 0. The average molecular weight is 347 g/mol. The summed E-state index contributed by atoms with van der Waals surface area (Å²) in [7, 11) is 3.35. The summed E-state index contributed by atoms with van der Waals surface area (Å²) in [6, 6.07) is 6.76. The highest BCUT2D eigenvalue weighted by molar-refractivity contribution is 5.42. The fourth-order valence-corrected chi connectivity index (χ4v) is 4.32. The largest absolute Gasteiger partial charge is 0.493 e. The van der Waals surface area contributed by atoms with Crippen molar-refractivity contribution in [2.75, 3.05) is 33.9 Å². The van der Waals surface area contributed by atoms with E-state index in [1.165, 1.54) is 50.8 Å². The summed E-state index contributed by atoms with van der Waals surface area (Å²) in [5, 5.41) is 0. The Labute approximate surface area is 152 Å². The van der Waals surface area contributed by atoms with Gasteiger partial charge in [-0.15, -0.1) is 0 Å². The van der Waals surface area contributed by atoms with E-state index in [1.807, 2.05) is 6.07 Å². The fourth-order valence-electron chi connectivity index (χ4n) is 4.32. The number of hydrogen-bond acceptors (Lipinski definition) is 4. The molecule has 2 fully saturated rings. The number of rotatable bonds is 7. The quantitative estimate of drug-likeness (QED) is 0.748. The number of nitrogens with zero attached hydrogens (tertiary/aromatic N) is 1. The van der Waals surface area contributed by atoms with E-state index in [9.17, 15) is 0 Å². The van der Waals surface area contributed by atoms with Gasteiger partial charge < -0.3 is 14.2 Å². The predicted molar refractivity (Wildman–Crippen MR) is 101 cm³/mol. The fraction of sp³-hybridized carbons (Fsp3) is 0.714. The highest BCUT2D eigenvalue weighted by Crippen LogP contribution is 2.30. The molecule has 2 aliphatic rings. The van der Waals surface area contributed by atoms with E-state index >= 15 is 0 Å². The molecule has 3 rings (SSSR count). The Morgan fingerprint density at radius 2 is 1.84 bits per heavy atom. The normalized spacial score (nSPS) is 27.4. The van der Waals surface area contributed by atoms with Gasteiger partial charge >= 0.3 is 0 Å². The molecule has 1 saturated carbocycles. The zero-order chi connectivity index (χ0) is 17.6. The topological polar surface area (TPSA) is 30.9 Å². The minimum Gasteiger partial charge on any atom is -0.493 e. The number of benzene rings is 1. The van der Waals surface area contributed by atoms with Crippen LogP contribution < -0.4 is 9.47 Å². The van der Waals surface area contributed by atoms with Gasteiger partial charge in [-0.3, -0.25) is 4.90 Å². The van der Waals surface area contributed by atoms with Crippen molar-refractivity contribution >= 4 is 0 Å². The Balaban J connectivity index is 1.53. The first-order valence-electron chi connectivity index (χ1n) is 9.78. The molecule has 0 spiro atoms. The molecule has 0 unspecified atom stereocenters. The van der Waals surface area contributed by atoms with E-state index in [0.29, 0.717) is 12.1 Å². The highest BCUT2D eigenvalue weighted by Gasteiger charge is 2.33. The molecule has 1 aliphatic carbocycles. The van der Waals surface area contributed by atoms with Gasteiger partial charge in [0.05, 0.1) is 26.9 Å². The second-order valence-corrected chi connectivity index (χ2v) is 7.59. The lowest BCUT2D eigenvalue weighted by Gasteiger charge is -2.38. The summed E-state index contributed by atoms with van der Waals surface area (Å²) in [6.45, 7) is 5.65. The third-order valence-electron chi connectivity index (χ3n) is 5.76. The van der Waals surface area contributed by atoms with Crippen molar-refractivity contribution in [3.63, 3.8) is 0 Å². The Morgan fingerprint density at radius 3 is 2.56 bits per heavy atom. The maximum absolute atomic E-state index is 6.36. The molecule has 0 radical (unpaired) electrons. The van der Waals surface area contributed by atoms with E-state index in [-0.39, 0.29) is 0 Å². The molecule has 0 N–H and O–H groups in total. The highest BCUT2D eigenvalue weighted by atomic mass is 16.5. The molecule has 1 heterocycles. The third kappa shape index (κ3) is 4.68. The first-order valence-corrected chi connectivity index (χ1v) is 9.78. The third-order valence-corrected chi connectivity index (χ3v) is 5.76. The molecule has 0 amide bonds. The maximum Gasteiger partial charge on any atom is 0.160 e. The van der Waals surface area contributed by atoms with Gasteiger partial charge in [0.25, 0.3) is 0 Å². The Hall–Kier alpha value is -1.26. The van der Waals surface area contributed by atoms with Crippen molar-refractivity contribution in [2.45, 2.75) is 57.6 Å². The first kappa shape index (κ1) is 18.5. The van der Waals surface area contributed by atoms with Crippen LogP contribution in [0.3, 0.4) is 0 Å². The minimum atomic E-state index is 0.402.